The smallest absolute Gasteiger partial charge is 0.410 e. The van der Waals surface area contributed by atoms with E-state index in [0.717, 1.165) is 31.5 Å². The molecule has 3 nitrogen and oxygen atoms in total. The van der Waals surface area contributed by atoms with Gasteiger partial charge in [-0.1, -0.05) is 43.2 Å². The molecule has 1 saturated carbocycles. The van der Waals surface area contributed by atoms with Gasteiger partial charge in [0.15, 0.2) is 0 Å². The van der Waals surface area contributed by atoms with Crippen LogP contribution in [0.4, 0.5) is 4.79 Å². The third-order valence-electron chi connectivity index (χ3n) is 4.95. The summed E-state index contributed by atoms with van der Waals surface area (Å²) in [6.07, 6.45) is 7.64. The summed E-state index contributed by atoms with van der Waals surface area (Å²) in [5.74, 6) is 0. The first-order valence-electron chi connectivity index (χ1n) is 7.73. The van der Waals surface area contributed by atoms with E-state index in [4.69, 9.17) is 4.74 Å². The minimum absolute atomic E-state index is 0.151. The highest BCUT2D eigenvalue weighted by Gasteiger charge is 2.38. The lowest BCUT2D eigenvalue weighted by molar-refractivity contribution is 0.0629. The highest BCUT2D eigenvalue weighted by atomic mass is 16.6. The maximum Gasteiger partial charge on any atom is 0.410 e. The SMILES string of the molecule is O=C(OCc1ccccc1)N1CCC2(CCCC2)CC1. The first-order valence-corrected chi connectivity index (χ1v) is 7.73. The molecule has 0 aromatic heterocycles. The number of carbonyl (C=O) groups is 1. The molecule has 1 amide bonds. The maximum atomic E-state index is 12.1. The quantitative estimate of drug-likeness (QED) is 0.815. The van der Waals surface area contributed by atoms with Crippen LogP contribution in [-0.4, -0.2) is 24.1 Å². The zero-order valence-corrected chi connectivity index (χ0v) is 12.0. The molecule has 1 saturated heterocycles. The van der Waals surface area contributed by atoms with Gasteiger partial charge in [-0.3, -0.25) is 0 Å². The van der Waals surface area contributed by atoms with Gasteiger partial charge in [0.25, 0.3) is 0 Å². The Labute approximate surface area is 120 Å². The van der Waals surface area contributed by atoms with Gasteiger partial charge in [0.1, 0.15) is 6.61 Å². The summed E-state index contributed by atoms with van der Waals surface area (Å²) in [6.45, 7) is 2.11. The lowest BCUT2D eigenvalue weighted by Gasteiger charge is -2.38. The number of hydrogen-bond acceptors (Lipinski definition) is 2. The summed E-state index contributed by atoms with van der Waals surface area (Å²) in [6, 6.07) is 9.87. The second-order valence-electron chi connectivity index (χ2n) is 6.23. The van der Waals surface area contributed by atoms with E-state index in [2.05, 4.69) is 0 Å². The van der Waals surface area contributed by atoms with Crippen molar-refractivity contribution in [3.8, 4) is 0 Å². The second kappa shape index (κ2) is 5.86. The Kier molecular flexibility index (Phi) is 3.95. The van der Waals surface area contributed by atoms with Crippen LogP contribution in [0, 0.1) is 5.41 Å². The molecular weight excluding hydrogens is 250 g/mol. The molecule has 3 rings (SSSR count). The molecule has 1 aromatic carbocycles. The molecule has 1 aliphatic heterocycles. The molecule has 3 heteroatoms. The van der Waals surface area contributed by atoms with Gasteiger partial charge >= 0.3 is 6.09 Å². The van der Waals surface area contributed by atoms with Gasteiger partial charge in [0.05, 0.1) is 0 Å². The van der Waals surface area contributed by atoms with Gasteiger partial charge in [0.2, 0.25) is 0 Å². The zero-order chi connectivity index (χ0) is 13.8. The van der Waals surface area contributed by atoms with E-state index in [1.54, 1.807) is 0 Å². The van der Waals surface area contributed by atoms with Crippen molar-refractivity contribution in [3.05, 3.63) is 35.9 Å². The molecular formula is C17H23NO2. The topological polar surface area (TPSA) is 29.5 Å². The van der Waals surface area contributed by atoms with Crippen LogP contribution < -0.4 is 0 Å². The van der Waals surface area contributed by atoms with Gasteiger partial charge < -0.3 is 9.64 Å². The Morgan fingerprint density at radius 1 is 1.05 bits per heavy atom. The molecule has 2 aliphatic rings. The normalized spacial score (nSPS) is 21.1. The van der Waals surface area contributed by atoms with E-state index in [9.17, 15) is 4.79 Å². The molecule has 0 unspecified atom stereocenters. The minimum atomic E-state index is -0.151. The molecule has 1 aromatic rings. The number of likely N-dealkylation sites (tertiary alicyclic amines) is 1. The van der Waals surface area contributed by atoms with Crippen molar-refractivity contribution in [3.63, 3.8) is 0 Å². The van der Waals surface area contributed by atoms with Gasteiger partial charge in [-0.2, -0.15) is 0 Å². The van der Waals surface area contributed by atoms with E-state index < -0.39 is 0 Å². The van der Waals surface area contributed by atoms with Gasteiger partial charge in [-0.25, -0.2) is 4.79 Å². The number of ether oxygens (including phenoxy) is 1. The van der Waals surface area contributed by atoms with Crippen molar-refractivity contribution < 1.29 is 9.53 Å². The van der Waals surface area contributed by atoms with Crippen LogP contribution in [0.3, 0.4) is 0 Å². The van der Waals surface area contributed by atoms with Crippen molar-refractivity contribution >= 4 is 6.09 Å². The van der Waals surface area contributed by atoms with Crippen molar-refractivity contribution in [2.45, 2.75) is 45.1 Å². The summed E-state index contributed by atoms with van der Waals surface area (Å²) in [5.41, 5.74) is 1.60. The molecule has 0 N–H and O–H groups in total. The first-order chi connectivity index (χ1) is 9.77. The second-order valence-corrected chi connectivity index (χ2v) is 6.23. The number of rotatable bonds is 2. The molecule has 1 aliphatic carbocycles. The molecule has 0 bridgehead atoms. The summed E-state index contributed by atoms with van der Waals surface area (Å²) < 4.78 is 5.41. The van der Waals surface area contributed by atoms with Crippen LogP contribution in [0.15, 0.2) is 30.3 Å². The average Bonchev–Trinajstić information content (AvgIpc) is 2.95. The highest BCUT2D eigenvalue weighted by Crippen LogP contribution is 2.46. The molecule has 1 spiro atoms. The van der Waals surface area contributed by atoms with Gasteiger partial charge in [0, 0.05) is 13.1 Å². The predicted octanol–water partition coefficient (Wildman–Crippen LogP) is 3.98. The van der Waals surface area contributed by atoms with E-state index in [1.807, 2.05) is 35.2 Å². The summed E-state index contributed by atoms with van der Waals surface area (Å²) in [4.78, 5) is 14.0. The fourth-order valence-electron chi connectivity index (χ4n) is 3.60. The Bertz CT molecular complexity index is 441. The fraction of sp³-hybridized carbons (Fsp3) is 0.588. The third-order valence-corrected chi connectivity index (χ3v) is 4.95. The monoisotopic (exact) mass is 273 g/mol. The van der Waals surface area contributed by atoms with Crippen LogP contribution in [0.1, 0.15) is 44.1 Å². The molecule has 0 atom stereocenters. The summed E-state index contributed by atoms with van der Waals surface area (Å²) in [5, 5.41) is 0. The van der Waals surface area contributed by atoms with E-state index in [-0.39, 0.29) is 6.09 Å². The van der Waals surface area contributed by atoms with Crippen LogP contribution in [0.2, 0.25) is 0 Å². The zero-order valence-electron chi connectivity index (χ0n) is 12.0. The summed E-state index contributed by atoms with van der Waals surface area (Å²) >= 11 is 0. The minimum Gasteiger partial charge on any atom is -0.445 e. The highest BCUT2D eigenvalue weighted by molar-refractivity contribution is 5.67. The predicted molar refractivity (Wildman–Crippen MR) is 78.3 cm³/mol. The molecule has 1 heterocycles. The standard InChI is InChI=1S/C17H23NO2/c19-16(20-14-15-6-2-1-3-7-15)18-12-10-17(11-13-18)8-4-5-9-17/h1-3,6-7H,4-5,8-14H2. The Morgan fingerprint density at radius 3 is 2.35 bits per heavy atom. The Morgan fingerprint density at radius 2 is 1.70 bits per heavy atom. The number of carbonyl (C=O) groups excluding carboxylic acids is 1. The third kappa shape index (κ3) is 2.97. The fourth-order valence-corrected chi connectivity index (χ4v) is 3.60. The number of amides is 1. The summed E-state index contributed by atoms with van der Waals surface area (Å²) in [7, 11) is 0. The average molecular weight is 273 g/mol. The van der Waals surface area contributed by atoms with Crippen molar-refractivity contribution in [1.29, 1.82) is 0 Å². The number of hydrogen-bond donors (Lipinski definition) is 0. The van der Waals surface area contributed by atoms with Crippen molar-refractivity contribution in [2.75, 3.05) is 13.1 Å². The van der Waals surface area contributed by atoms with Gasteiger partial charge in [-0.15, -0.1) is 0 Å². The van der Waals surface area contributed by atoms with E-state index >= 15 is 0 Å². The Balaban J connectivity index is 1.47. The van der Waals surface area contributed by atoms with E-state index in [0.29, 0.717) is 12.0 Å². The lowest BCUT2D eigenvalue weighted by atomic mass is 9.77. The van der Waals surface area contributed by atoms with Crippen LogP contribution in [-0.2, 0) is 11.3 Å². The van der Waals surface area contributed by atoms with E-state index in [1.165, 1.54) is 25.7 Å². The van der Waals surface area contributed by atoms with Crippen LogP contribution in [0.25, 0.3) is 0 Å². The van der Waals surface area contributed by atoms with Crippen LogP contribution in [0.5, 0.6) is 0 Å². The first kappa shape index (κ1) is 13.5. The maximum absolute atomic E-state index is 12.1. The van der Waals surface area contributed by atoms with Crippen LogP contribution >= 0.6 is 0 Å². The molecule has 108 valence electrons. The number of piperidine rings is 1. The molecule has 20 heavy (non-hydrogen) atoms. The molecule has 0 radical (unpaired) electrons. The van der Waals surface area contributed by atoms with Crippen molar-refractivity contribution in [1.82, 2.24) is 4.90 Å². The number of benzene rings is 1. The van der Waals surface area contributed by atoms with Gasteiger partial charge in [-0.05, 0) is 36.7 Å². The Hall–Kier alpha value is -1.51. The van der Waals surface area contributed by atoms with Crippen molar-refractivity contribution in [2.24, 2.45) is 5.41 Å². The number of nitrogens with zero attached hydrogens (tertiary/aromatic N) is 1. The molecule has 2 fully saturated rings. The lowest BCUT2D eigenvalue weighted by Crippen LogP contribution is -2.42. The largest absolute Gasteiger partial charge is 0.445 e.